The number of benzene rings is 2. The highest BCUT2D eigenvalue weighted by Gasteiger charge is 2.17. The molecule has 0 radical (unpaired) electrons. The molecule has 0 bridgehead atoms. The van der Waals surface area contributed by atoms with E-state index in [0.29, 0.717) is 15.8 Å². The van der Waals surface area contributed by atoms with Gasteiger partial charge in [0, 0.05) is 8.95 Å². The Labute approximate surface area is 132 Å². The van der Waals surface area contributed by atoms with Gasteiger partial charge in [-0.1, -0.05) is 22.0 Å². The number of halogens is 3. The Morgan fingerprint density at radius 3 is 2.60 bits per heavy atom. The van der Waals surface area contributed by atoms with Crippen LogP contribution in [-0.4, -0.2) is 5.91 Å². The van der Waals surface area contributed by atoms with Crippen molar-refractivity contribution in [1.29, 1.82) is 0 Å². The molecule has 0 saturated carbocycles. The van der Waals surface area contributed by atoms with E-state index in [9.17, 15) is 9.18 Å². The highest BCUT2D eigenvalue weighted by molar-refractivity contribution is 9.10. The van der Waals surface area contributed by atoms with Gasteiger partial charge in [0.1, 0.15) is 5.82 Å². The second-order valence-corrected chi connectivity index (χ2v) is 6.01. The van der Waals surface area contributed by atoms with Crippen LogP contribution in [0.3, 0.4) is 0 Å². The molecule has 2 aromatic carbocycles. The van der Waals surface area contributed by atoms with E-state index in [-0.39, 0.29) is 5.56 Å². The predicted molar refractivity (Wildman–Crippen MR) is 85.3 cm³/mol. The summed E-state index contributed by atoms with van der Waals surface area (Å²) in [6, 6.07) is 7.87. The monoisotopic (exact) mass is 400 g/mol. The summed E-state index contributed by atoms with van der Waals surface area (Å²) in [5.41, 5.74) is 7.51. The highest BCUT2D eigenvalue weighted by atomic mass is 79.9. The minimum Gasteiger partial charge on any atom is -0.397 e. The van der Waals surface area contributed by atoms with Crippen LogP contribution in [0.15, 0.2) is 39.3 Å². The summed E-state index contributed by atoms with van der Waals surface area (Å²) >= 11 is 6.49. The maximum atomic E-state index is 13.7. The van der Waals surface area contributed by atoms with Gasteiger partial charge in [-0.2, -0.15) is 0 Å². The Balaban J connectivity index is 2.38. The summed E-state index contributed by atoms with van der Waals surface area (Å²) in [6.07, 6.45) is 0. The lowest BCUT2D eigenvalue weighted by Gasteiger charge is -2.13. The van der Waals surface area contributed by atoms with Gasteiger partial charge in [-0.15, -0.1) is 0 Å². The Kier molecular flexibility index (Phi) is 4.45. The number of carbonyl (C=O) groups is 1. The van der Waals surface area contributed by atoms with Crippen LogP contribution in [0, 0.1) is 12.7 Å². The zero-order chi connectivity index (χ0) is 14.9. The first kappa shape index (κ1) is 15.0. The average Bonchev–Trinajstić information content (AvgIpc) is 2.33. The Hall–Kier alpha value is -1.40. The van der Waals surface area contributed by atoms with Gasteiger partial charge in [0.15, 0.2) is 0 Å². The molecule has 0 fully saturated rings. The van der Waals surface area contributed by atoms with Gasteiger partial charge in [-0.25, -0.2) is 4.39 Å². The van der Waals surface area contributed by atoms with Crippen LogP contribution in [-0.2, 0) is 0 Å². The van der Waals surface area contributed by atoms with Crippen molar-refractivity contribution in [2.24, 2.45) is 0 Å². The topological polar surface area (TPSA) is 55.1 Å². The molecule has 6 heteroatoms. The van der Waals surface area contributed by atoms with Crippen LogP contribution < -0.4 is 11.1 Å². The maximum absolute atomic E-state index is 13.7. The molecule has 0 unspecified atom stereocenters. The van der Waals surface area contributed by atoms with Crippen molar-refractivity contribution in [3.8, 4) is 0 Å². The van der Waals surface area contributed by atoms with Crippen LogP contribution in [0.25, 0.3) is 0 Å². The highest BCUT2D eigenvalue weighted by Crippen LogP contribution is 2.29. The van der Waals surface area contributed by atoms with Crippen molar-refractivity contribution in [2.45, 2.75) is 6.92 Å². The maximum Gasteiger partial charge on any atom is 0.259 e. The number of aryl methyl sites for hydroxylation is 1. The largest absolute Gasteiger partial charge is 0.397 e. The molecule has 0 atom stereocenters. The molecular weight excluding hydrogens is 391 g/mol. The number of nitrogens with two attached hydrogens (primary N) is 1. The molecule has 20 heavy (non-hydrogen) atoms. The number of anilines is 2. The molecule has 0 heterocycles. The number of carbonyl (C=O) groups excluding carboxylic acids is 1. The van der Waals surface area contributed by atoms with Gasteiger partial charge in [0.25, 0.3) is 5.91 Å². The van der Waals surface area contributed by atoms with Crippen molar-refractivity contribution in [1.82, 2.24) is 0 Å². The normalized spacial score (nSPS) is 10.4. The Morgan fingerprint density at radius 1 is 1.30 bits per heavy atom. The van der Waals surface area contributed by atoms with Crippen LogP contribution >= 0.6 is 31.9 Å². The third-order valence-corrected chi connectivity index (χ3v) is 3.88. The Bertz CT molecular complexity index is 646. The minimum atomic E-state index is -0.592. The predicted octanol–water partition coefficient (Wildman–Crippen LogP) is 4.49. The smallest absolute Gasteiger partial charge is 0.259 e. The summed E-state index contributed by atoms with van der Waals surface area (Å²) < 4.78 is 14.9. The molecule has 3 N–H and O–H groups in total. The van der Waals surface area contributed by atoms with Gasteiger partial charge in [-0.05, 0) is 52.7 Å². The van der Waals surface area contributed by atoms with Gasteiger partial charge in [0.2, 0.25) is 0 Å². The van der Waals surface area contributed by atoms with Gasteiger partial charge < -0.3 is 11.1 Å². The molecule has 0 aliphatic heterocycles. The summed E-state index contributed by atoms with van der Waals surface area (Å²) in [4.78, 5) is 12.2. The first-order valence-corrected chi connectivity index (χ1v) is 7.29. The number of hydrogen-bond acceptors (Lipinski definition) is 2. The molecule has 1 amide bonds. The number of nitrogens with one attached hydrogen (secondary N) is 1. The summed E-state index contributed by atoms with van der Waals surface area (Å²) in [7, 11) is 0. The molecule has 2 rings (SSSR count). The number of amides is 1. The van der Waals surface area contributed by atoms with Crippen LogP contribution in [0.2, 0.25) is 0 Å². The quantitative estimate of drug-likeness (QED) is 0.728. The van der Waals surface area contributed by atoms with E-state index < -0.39 is 11.7 Å². The summed E-state index contributed by atoms with van der Waals surface area (Å²) in [5, 5.41) is 2.65. The fourth-order valence-corrected chi connectivity index (χ4v) is 2.94. The molecule has 0 aliphatic carbocycles. The van der Waals surface area contributed by atoms with E-state index in [4.69, 9.17) is 5.73 Å². The molecule has 0 aliphatic rings. The van der Waals surface area contributed by atoms with Gasteiger partial charge in [0.05, 0.1) is 16.9 Å². The van der Waals surface area contributed by atoms with E-state index in [1.165, 1.54) is 12.1 Å². The van der Waals surface area contributed by atoms with Crippen molar-refractivity contribution in [3.05, 3.63) is 56.2 Å². The van der Waals surface area contributed by atoms with Crippen molar-refractivity contribution >= 4 is 49.1 Å². The minimum absolute atomic E-state index is 0.0470. The number of hydrogen-bond donors (Lipinski definition) is 2. The standard InChI is InChI=1S/C14H11Br2FN2O/c1-7-5-8(15)6-11(18)13(7)19-14(20)12-9(16)3-2-4-10(12)17/h2-6H,18H2,1H3,(H,19,20). The molecule has 0 spiro atoms. The van der Waals surface area contributed by atoms with Crippen molar-refractivity contribution in [2.75, 3.05) is 11.1 Å². The third kappa shape index (κ3) is 3.02. The van der Waals surface area contributed by atoms with E-state index in [2.05, 4.69) is 37.2 Å². The molecule has 0 saturated heterocycles. The van der Waals surface area contributed by atoms with Crippen LogP contribution in [0.4, 0.5) is 15.8 Å². The number of nitrogen functional groups attached to an aromatic ring is 1. The second kappa shape index (κ2) is 5.93. The third-order valence-electron chi connectivity index (χ3n) is 2.76. The summed E-state index contributed by atoms with van der Waals surface area (Å²) in [5.74, 6) is -1.14. The second-order valence-electron chi connectivity index (χ2n) is 4.24. The first-order valence-electron chi connectivity index (χ1n) is 5.71. The average molecular weight is 402 g/mol. The fourth-order valence-electron chi connectivity index (χ4n) is 1.83. The van der Waals surface area contributed by atoms with Crippen LogP contribution in [0.5, 0.6) is 0 Å². The lowest BCUT2D eigenvalue weighted by Crippen LogP contribution is -2.16. The molecule has 3 nitrogen and oxygen atoms in total. The SMILES string of the molecule is Cc1cc(Br)cc(N)c1NC(=O)c1c(F)cccc1Br. The Morgan fingerprint density at radius 2 is 2.00 bits per heavy atom. The summed E-state index contributed by atoms with van der Waals surface area (Å²) in [6.45, 7) is 1.81. The molecule has 0 aromatic heterocycles. The van der Waals surface area contributed by atoms with E-state index >= 15 is 0 Å². The zero-order valence-corrected chi connectivity index (χ0v) is 13.7. The van der Waals surface area contributed by atoms with E-state index in [1.807, 2.05) is 13.0 Å². The lowest BCUT2D eigenvalue weighted by atomic mass is 10.1. The van der Waals surface area contributed by atoms with Gasteiger partial charge >= 0.3 is 0 Å². The fraction of sp³-hybridized carbons (Fsp3) is 0.0714. The number of rotatable bonds is 2. The zero-order valence-electron chi connectivity index (χ0n) is 10.5. The lowest BCUT2D eigenvalue weighted by molar-refractivity contribution is 0.102. The molecular formula is C14H11Br2FN2O. The van der Waals surface area contributed by atoms with E-state index in [1.54, 1.807) is 12.1 Å². The molecule has 2 aromatic rings. The van der Waals surface area contributed by atoms with Crippen molar-refractivity contribution in [3.63, 3.8) is 0 Å². The first-order chi connectivity index (χ1) is 9.40. The van der Waals surface area contributed by atoms with Crippen molar-refractivity contribution < 1.29 is 9.18 Å². The molecule has 104 valence electrons. The van der Waals surface area contributed by atoms with Gasteiger partial charge in [-0.3, -0.25) is 4.79 Å². The van der Waals surface area contributed by atoms with E-state index in [0.717, 1.165) is 10.0 Å². The van der Waals surface area contributed by atoms with Crippen LogP contribution in [0.1, 0.15) is 15.9 Å².